The van der Waals surface area contributed by atoms with Crippen molar-refractivity contribution in [1.82, 2.24) is 24.7 Å². The predicted octanol–water partition coefficient (Wildman–Crippen LogP) is 3.66. The number of nitrogens with zero attached hydrogens (tertiary/aromatic N) is 4. The highest BCUT2D eigenvalue weighted by Gasteiger charge is 2.14. The average Bonchev–Trinajstić information content (AvgIpc) is 3.10. The summed E-state index contributed by atoms with van der Waals surface area (Å²) in [4.78, 5) is 19.6. The van der Waals surface area contributed by atoms with Gasteiger partial charge in [0.25, 0.3) is 5.56 Å². The van der Waals surface area contributed by atoms with Crippen molar-refractivity contribution in [3.8, 4) is 11.4 Å². The lowest BCUT2D eigenvalue weighted by Crippen LogP contribution is -2.11. The molecule has 0 radical (unpaired) electrons. The highest BCUT2D eigenvalue weighted by molar-refractivity contribution is 7.98. The molecule has 0 aliphatic heterocycles. The van der Waals surface area contributed by atoms with Gasteiger partial charge in [-0.25, -0.2) is 4.98 Å². The quantitative estimate of drug-likeness (QED) is 0.411. The van der Waals surface area contributed by atoms with Crippen molar-refractivity contribution in [3.05, 3.63) is 83.4 Å². The molecule has 0 spiro atoms. The highest BCUT2D eigenvalue weighted by atomic mass is 32.2. The third kappa shape index (κ3) is 3.54. The van der Waals surface area contributed by atoms with E-state index >= 15 is 0 Å². The van der Waals surface area contributed by atoms with Gasteiger partial charge in [0.15, 0.2) is 11.0 Å². The number of nitrogens with one attached hydrogen (secondary N) is 1. The molecule has 6 nitrogen and oxygen atoms in total. The van der Waals surface area contributed by atoms with Crippen LogP contribution < -0.4 is 5.56 Å². The molecule has 2 heterocycles. The minimum absolute atomic E-state index is 0.131. The fraction of sp³-hybridized carbons (Fsp3) is 0.100. The topological polar surface area (TPSA) is 76.5 Å². The molecule has 1 N–H and O–H groups in total. The molecule has 27 heavy (non-hydrogen) atoms. The van der Waals surface area contributed by atoms with Crippen LogP contribution in [0.2, 0.25) is 0 Å². The minimum Gasteiger partial charge on any atom is -0.309 e. The number of aromatic nitrogens is 5. The van der Waals surface area contributed by atoms with Crippen LogP contribution in [0.1, 0.15) is 5.82 Å². The molecule has 4 aromatic rings. The van der Waals surface area contributed by atoms with Crippen molar-refractivity contribution in [3.63, 3.8) is 0 Å². The largest absolute Gasteiger partial charge is 0.309 e. The molecule has 7 heteroatoms. The van der Waals surface area contributed by atoms with Gasteiger partial charge in [0, 0.05) is 12.1 Å². The zero-order valence-corrected chi connectivity index (χ0v) is 15.3. The van der Waals surface area contributed by atoms with E-state index in [4.69, 9.17) is 0 Å². The Hall–Kier alpha value is -3.19. The second-order valence-electron chi connectivity index (χ2n) is 5.89. The van der Waals surface area contributed by atoms with Crippen molar-refractivity contribution in [1.29, 1.82) is 0 Å². The monoisotopic (exact) mass is 375 g/mol. The van der Waals surface area contributed by atoms with Crippen LogP contribution in [-0.4, -0.2) is 24.7 Å². The number of fused-ring (bicyclic) bond motifs is 1. The summed E-state index contributed by atoms with van der Waals surface area (Å²) in [6.45, 7) is 4.43. The standard InChI is InChI=1S/C20H17N5OS/c1-2-12-25-18(14-8-4-3-5-9-14)23-24-20(25)27-13-17-21-16-11-7-6-10-15(16)19(26)22-17/h2-11H,1,12-13H2,(H,21,22,26). The lowest BCUT2D eigenvalue weighted by molar-refractivity contribution is 0.730. The number of para-hydroxylation sites is 1. The fourth-order valence-corrected chi connectivity index (χ4v) is 3.64. The normalized spacial score (nSPS) is 11.0. The van der Waals surface area contributed by atoms with Crippen molar-refractivity contribution in [2.24, 2.45) is 0 Å². The number of rotatable bonds is 6. The maximum absolute atomic E-state index is 12.2. The van der Waals surface area contributed by atoms with E-state index in [9.17, 15) is 4.79 Å². The molecule has 0 saturated heterocycles. The zero-order chi connectivity index (χ0) is 18.6. The minimum atomic E-state index is -0.131. The Morgan fingerprint density at radius 3 is 2.67 bits per heavy atom. The Balaban J connectivity index is 1.63. The Bertz CT molecular complexity index is 1150. The van der Waals surface area contributed by atoms with E-state index in [0.29, 0.717) is 29.0 Å². The molecule has 2 aromatic carbocycles. The molecule has 134 valence electrons. The first-order chi connectivity index (χ1) is 13.3. The van der Waals surface area contributed by atoms with Crippen LogP contribution >= 0.6 is 11.8 Å². The van der Waals surface area contributed by atoms with Gasteiger partial charge in [0.1, 0.15) is 5.82 Å². The summed E-state index contributed by atoms with van der Waals surface area (Å²) in [6, 6.07) is 17.2. The predicted molar refractivity (Wildman–Crippen MR) is 108 cm³/mol. The van der Waals surface area contributed by atoms with Gasteiger partial charge in [-0.2, -0.15) is 0 Å². The summed E-state index contributed by atoms with van der Waals surface area (Å²) in [7, 11) is 0. The number of aromatic amines is 1. The number of thioether (sulfide) groups is 1. The van der Waals surface area contributed by atoms with Gasteiger partial charge in [-0.3, -0.25) is 9.36 Å². The van der Waals surface area contributed by atoms with E-state index in [-0.39, 0.29) is 5.56 Å². The van der Waals surface area contributed by atoms with Crippen LogP contribution in [0.15, 0.2) is 77.2 Å². The van der Waals surface area contributed by atoms with Crippen LogP contribution in [0, 0.1) is 0 Å². The molecule has 0 unspecified atom stereocenters. The fourth-order valence-electron chi connectivity index (χ4n) is 2.83. The van der Waals surface area contributed by atoms with Crippen molar-refractivity contribution in [2.75, 3.05) is 0 Å². The molecule has 0 fully saturated rings. The van der Waals surface area contributed by atoms with Gasteiger partial charge < -0.3 is 4.98 Å². The van der Waals surface area contributed by atoms with E-state index in [1.54, 1.807) is 6.07 Å². The van der Waals surface area contributed by atoms with E-state index in [2.05, 4.69) is 26.7 Å². The van der Waals surface area contributed by atoms with E-state index in [1.807, 2.05) is 59.2 Å². The Labute approximate surface area is 160 Å². The van der Waals surface area contributed by atoms with Crippen LogP contribution in [0.4, 0.5) is 0 Å². The van der Waals surface area contributed by atoms with Gasteiger partial charge in [-0.15, -0.1) is 16.8 Å². The molecule has 0 saturated carbocycles. The number of benzene rings is 2. The smallest absolute Gasteiger partial charge is 0.258 e. The summed E-state index contributed by atoms with van der Waals surface area (Å²) in [5.74, 6) is 1.89. The molecule has 0 aliphatic carbocycles. The van der Waals surface area contributed by atoms with Gasteiger partial charge in [0.05, 0.1) is 16.7 Å². The van der Waals surface area contributed by atoms with Crippen LogP contribution in [0.3, 0.4) is 0 Å². The summed E-state index contributed by atoms with van der Waals surface area (Å²) in [6.07, 6.45) is 1.82. The molecule has 0 bridgehead atoms. The lowest BCUT2D eigenvalue weighted by Gasteiger charge is -2.08. The van der Waals surface area contributed by atoms with Crippen LogP contribution in [0.25, 0.3) is 22.3 Å². The van der Waals surface area contributed by atoms with Crippen molar-refractivity contribution in [2.45, 2.75) is 17.5 Å². The van der Waals surface area contributed by atoms with Gasteiger partial charge >= 0.3 is 0 Å². The number of hydrogen-bond donors (Lipinski definition) is 1. The SMILES string of the molecule is C=CCn1c(SCc2nc3ccccc3c(=O)[nH]2)nnc1-c1ccccc1. The van der Waals surface area contributed by atoms with Crippen LogP contribution in [-0.2, 0) is 12.3 Å². The number of allylic oxidation sites excluding steroid dienone is 1. The number of H-pyrrole nitrogens is 1. The molecular formula is C20H17N5OS. The van der Waals surface area contributed by atoms with Crippen molar-refractivity contribution >= 4 is 22.7 Å². The molecular weight excluding hydrogens is 358 g/mol. The lowest BCUT2D eigenvalue weighted by atomic mass is 10.2. The summed E-state index contributed by atoms with van der Waals surface area (Å²) < 4.78 is 2.01. The van der Waals surface area contributed by atoms with Gasteiger partial charge in [-0.1, -0.05) is 60.3 Å². The Morgan fingerprint density at radius 1 is 1.07 bits per heavy atom. The van der Waals surface area contributed by atoms with Crippen molar-refractivity contribution < 1.29 is 0 Å². The summed E-state index contributed by atoms with van der Waals surface area (Å²) in [5.41, 5.74) is 1.55. The Kier molecular flexibility index (Phi) is 4.84. The molecule has 0 atom stereocenters. The van der Waals surface area contributed by atoms with Gasteiger partial charge in [-0.05, 0) is 12.1 Å². The van der Waals surface area contributed by atoms with E-state index < -0.39 is 0 Å². The molecule has 2 aromatic heterocycles. The second kappa shape index (κ2) is 7.59. The molecule has 4 rings (SSSR count). The van der Waals surface area contributed by atoms with E-state index in [0.717, 1.165) is 16.5 Å². The maximum atomic E-state index is 12.2. The summed E-state index contributed by atoms with van der Waals surface area (Å²) in [5, 5.41) is 10.0. The Morgan fingerprint density at radius 2 is 1.85 bits per heavy atom. The highest BCUT2D eigenvalue weighted by Crippen LogP contribution is 2.25. The average molecular weight is 375 g/mol. The molecule has 0 amide bonds. The first-order valence-electron chi connectivity index (χ1n) is 8.46. The van der Waals surface area contributed by atoms with E-state index in [1.165, 1.54) is 11.8 Å². The maximum Gasteiger partial charge on any atom is 0.258 e. The third-order valence-electron chi connectivity index (χ3n) is 4.06. The first kappa shape index (κ1) is 17.2. The summed E-state index contributed by atoms with van der Waals surface area (Å²) >= 11 is 1.48. The zero-order valence-electron chi connectivity index (χ0n) is 14.5. The second-order valence-corrected chi connectivity index (χ2v) is 6.83. The first-order valence-corrected chi connectivity index (χ1v) is 9.45. The third-order valence-corrected chi connectivity index (χ3v) is 5.04. The van der Waals surface area contributed by atoms with Gasteiger partial charge in [0.2, 0.25) is 0 Å². The van der Waals surface area contributed by atoms with Crippen LogP contribution in [0.5, 0.6) is 0 Å². The molecule has 0 aliphatic rings. The number of hydrogen-bond acceptors (Lipinski definition) is 5.